The van der Waals surface area contributed by atoms with Crippen molar-refractivity contribution in [1.82, 2.24) is 4.57 Å². The Morgan fingerprint density at radius 3 is 2.33 bits per heavy atom. The van der Waals surface area contributed by atoms with Crippen molar-refractivity contribution in [2.75, 3.05) is 4.90 Å². The second-order valence-electron chi connectivity index (χ2n) is 7.12. The maximum absolute atomic E-state index is 12.8. The first kappa shape index (κ1) is 19.4. The van der Waals surface area contributed by atoms with Crippen LogP contribution in [0.15, 0.2) is 66.4 Å². The summed E-state index contributed by atoms with van der Waals surface area (Å²) in [6.07, 6.45) is 0.858. The molecule has 0 bridgehead atoms. The van der Waals surface area contributed by atoms with Crippen LogP contribution in [-0.4, -0.2) is 22.4 Å². The van der Waals surface area contributed by atoms with Gasteiger partial charge in [0.25, 0.3) is 0 Å². The summed E-state index contributed by atoms with van der Waals surface area (Å²) in [5, 5.41) is 0. The zero-order valence-corrected chi connectivity index (χ0v) is 16.9. The number of amides is 2. The summed E-state index contributed by atoms with van der Waals surface area (Å²) in [4.78, 5) is 37.8. The molecule has 3 aromatic rings. The third-order valence-corrected chi connectivity index (χ3v) is 5.08. The van der Waals surface area contributed by atoms with Gasteiger partial charge in [-0.25, -0.2) is 9.69 Å². The van der Waals surface area contributed by atoms with Crippen molar-refractivity contribution in [3.63, 3.8) is 0 Å². The Morgan fingerprint density at radius 2 is 1.63 bits per heavy atom. The Bertz CT molecular complexity index is 1210. The Labute approximate surface area is 174 Å². The van der Waals surface area contributed by atoms with Gasteiger partial charge in [0, 0.05) is 22.6 Å². The number of Topliss-reactive ketones (excluding diaryl/α,β-unsaturated/α-hetero) is 1. The molecule has 0 saturated carbocycles. The van der Waals surface area contributed by atoms with Crippen molar-refractivity contribution in [2.45, 2.75) is 20.8 Å². The zero-order valence-electron chi connectivity index (χ0n) is 16.9. The quantitative estimate of drug-likeness (QED) is 0.465. The van der Waals surface area contributed by atoms with E-state index in [1.165, 1.54) is 6.92 Å². The minimum Gasteiger partial charge on any atom is -0.404 e. The third kappa shape index (κ3) is 3.33. The van der Waals surface area contributed by atoms with Gasteiger partial charge < -0.3 is 9.30 Å². The molecule has 1 aromatic heterocycles. The third-order valence-electron chi connectivity index (χ3n) is 5.08. The Morgan fingerprint density at radius 1 is 0.933 bits per heavy atom. The number of carbonyl (C=O) groups excluding carboxylic acids is 3. The second-order valence-corrected chi connectivity index (χ2v) is 7.12. The van der Waals surface area contributed by atoms with Crippen LogP contribution in [0.5, 0.6) is 0 Å². The highest BCUT2D eigenvalue weighted by atomic mass is 16.6. The van der Waals surface area contributed by atoms with Gasteiger partial charge in [-0.3, -0.25) is 9.59 Å². The van der Waals surface area contributed by atoms with Gasteiger partial charge >= 0.3 is 12.0 Å². The molecule has 0 atom stereocenters. The standard InChI is InChI=1S/C24H20N2O4/c1-15-12-19(16(2)25(15)21-11-7-8-18(13-21)17(3)27)14-22-23(28)26(24(29)30-22)20-9-5-4-6-10-20/h4-14H,1-3H3. The van der Waals surface area contributed by atoms with E-state index in [-0.39, 0.29) is 11.5 Å². The average molecular weight is 400 g/mol. The number of hydrogen-bond donors (Lipinski definition) is 0. The lowest BCUT2D eigenvalue weighted by atomic mass is 10.1. The summed E-state index contributed by atoms with van der Waals surface area (Å²) in [6, 6.07) is 17.9. The highest BCUT2D eigenvalue weighted by molar-refractivity contribution is 6.24. The van der Waals surface area contributed by atoms with Crippen molar-refractivity contribution in [2.24, 2.45) is 0 Å². The van der Waals surface area contributed by atoms with Crippen molar-refractivity contribution >= 4 is 29.5 Å². The number of aryl methyl sites for hydroxylation is 1. The first-order valence-electron chi connectivity index (χ1n) is 9.50. The normalized spacial score (nSPS) is 15.0. The van der Waals surface area contributed by atoms with Gasteiger partial charge in [-0.2, -0.15) is 0 Å². The minimum atomic E-state index is -0.722. The van der Waals surface area contributed by atoms with E-state index in [0.29, 0.717) is 11.3 Å². The van der Waals surface area contributed by atoms with Crippen LogP contribution < -0.4 is 4.90 Å². The summed E-state index contributed by atoms with van der Waals surface area (Å²) in [5.74, 6) is -0.540. The first-order valence-corrected chi connectivity index (χ1v) is 9.50. The number of cyclic esters (lactones) is 1. The maximum Gasteiger partial charge on any atom is 0.427 e. The summed E-state index contributed by atoms with van der Waals surface area (Å²) in [6.45, 7) is 5.38. The molecule has 30 heavy (non-hydrogen) atoms. The summed E-state index contributed by atoms with van der Waals surface area (Å²) in [5.41, 5.74) is 4.48. The van der Waals surface area contributed by atoms with Crippen LogP contribution in [0.4, 0.5) is 10.5 Å². The molecule has 2 aromatic carbocycles. The first-order chi connectivity index (χ1) is 14.4. The number of benzene rings is 2. The molecule has 1 aliphatic heterocycles. The SMILES string of the molecule is CC(=O)c1cccc(-n2c(C)cc(C=C3OC(=O)N(c4ccccc4)C3=O)c2C)c1. The molecule has 6 nitrogen and oxygen atoms in total. The highest BCUT2D eigenvalue weighted by Crippen LogP contribution is 2.28. The van der Waals surface area contributed by atoms with E-state index in [1.54, 1.807) is 36.4 Å². The fraction of sp³-hybridized carbons (Fsp3) is 0.125. The molecular weight excluding hydrogens is 380 g/mol. The molecule has 0 unspecified atom stereocenters. The molecule has 150 valence electrons. The number of aromatic nitrogens is 1. The van der Waals surface area contributed by atoms with E-state index < -0.39 is 12.0 Å². The number of nitrogens with zero attached hydrogens (tertiary/aromatic N) is 2. The van der Waals surface area contributed by atoms with E-state index in [4.69, 9.17) is 4.74 Å². The number of imide groups is 1. The van der Waals surface area contributed by atoms with Crippen LogP contribution in [0.3, 0.4) is 0 Å². The highest BCUT2D eigenvalue weighted by Gasteiger charge is 2.37. The van der Waals surface area contributed by atoms with Crippen LogP contribution in [-0.2, 0) is 9.53 Å². The van der Waals surface area contributed by atoms with Crippen LogP contribution in [0, 0.1) is 13.8 Å². The minimum absolute atomic E-state index is 0.00822. The predicted molar refractivity (Wildman–Crippen MR) is 114 cm³/mol. The van der Waals surface area contributed by atoms with Crippen LogP contribution in [0.1, 0.15) is 34.2 Å². The molecule has 0 spiro atoms. The maximum atomic E-state index is 12.8. The van der Waals surface area contributed by atoms with E-state index >= 15 is 0 Å². The Balaban J connectivity index is 1.71. The molecule has 0 aliphatic carbocycles. The lowest BCUT2D eigenvalue weighted by Gasteiger charge is -2.10. The van der Waals surface area contributed by atoms with Gasteiger partial charge in [-0.1, -0.05) is 30.3 Å². The molecule has 0 N–H and O–H groups in total. The molecular formula is C24H20N2O4. The van der Waals surface area contributed by atoms with Crippen molar-refractivity contribution in [3.8, 4) is 5.69 Å². The second kappa shape index (κ2) is 7.48. The van der Waals surface area contributed by atoms with Gasteiger partial charge in [0.2, 0.25) is 0 Å². The number of hydrogen-bond acceptors (Lipinski definition) is 4. The summed E-state index contributed by atoms with van der Waals surface area (Å²) >= 11 is 0. The van der Waals surface area contributed by atoms with Gasteiger partial charge in [0.15, 0.2) is 11.5 Å². The Kier molecular flexibility index (Phi) is 4.83. The lowest BCUT2D eigenvalue weighted by Crippen LogP contribution is -2.28. The molecule has 6 heteroatoms. The number of para-hydroxylation sites is 1. The van der Waals surface area contributed by atoms with Gasteiger partial charge in [0.05, 0.1) is 5.69 Å². The average Bonchev–Trinajstić information content (AvgIpc) is 3.17. The van der Waals surface area contributed by atoms with Gasteiger partial charge in [-0.15, -0.1) is 0 Å². The van der Waals surface area contributed by atoms with Crippen molar-refractivity contribution in [3.05, 3.63) is 88.9 Å². The molecule has 1 aliphatic rings. The van der Waals surface area contributed by atoms with Gasteiger partial charge in [0.1, 0.15) is 0 Å². The number of ether oxygens (including phenoxy) is 1. The van der Waals surface area contributed by atoms with E-state index in [9.17, 15) is 14.4 Å². The zero-order chi connectivity index (χ0) is 21.4. The van der Waals surface area contributed by atoms with E-state index in [1.807, 2.05) is 48.7 Å². The van der Waals surface area contributed by atoms with Crippen LogP contribution in [0.25, 0.3) is 11.8 Å². The largest absolute Gasteiger partial charge is 0.427 e. The summed E-state index contributed by atoms with van der Waals surface area (Å²) in [7, 11) is 0. The van der Waals surface area contributed by atoms with Crippen molar-refractivity contribution in [1.29, 1.82) is 0 Å². The lowest BCUT2D eigenvalue weighted by molar-refractivity contribution is -0.114. The Hall–Kier alpha value is -3.93. The van der Waals surface area contributed by atoms with Crippen LogP contribution in [0.2, 0.25) is 0 Å². The smallest absolute Gasteiger partial charge is 0.404 e. The monoisotopic (exact) mass is 400 g/mol. The topological polar surface area (TPSA) is 68.6 Å². The van der Waals surface area contributed by atoms with Crippen LogP contribution >= 0.6 is 0 Å². The summed E-state index contributed by atoms with van der Waals surface area (Å²) < 4.78 is 7.24. The molecule has 2 amide bonds. The molecule has 0 radical (unpaired) electrons. The fourth-order valence-electron chi connectivity index (χ4n) is 3.60. The van der Waals surface area contributed by atoms with Gasteiger partial charge in [-0.05, 0) is 62.7 Å². The number of anilines is 1. The molecule has 1 fully saturated rings. The molecule has 2 heterocycles. The fourth-order valence-corrected chi connectivity index (χ4v) is 3.60. The molecule has 4 rings (SSSR count). The van der Waals surface area contributed by atoms with E-state index in [0.717, 1.165) is 27.5 Å². The molecule has 1 saturated heterocycles. The van der Waals surface area contributed by atoms with Crippen molar-refractivity contribution < 1.29 is 19.1 Å². The van der Waals surface area contributed by atoms with E-state index in [2.05, 4.69) is 0 Å². The predicted octanol–water partition coefficient (Wildman–Crippen LogP) is 4.82. The number of ketones is 1. The number of carbonyl (C=O) groups is 3. The number of rotatable bonds is 4.